The average molecular weight is 241 g/mol. The third-order valence-electron chi connectivity index (χ3n) is 3.82. The Balaban J connectivity index is 1.96. The van der Waals surface area contributed by atoms with E-state index in [0.717, 1.165) is 23.0 Å². The molecule has 0 spiro atoms. The van der Waals surface area contributed by atoms with Gasteiger partial charge in [0.05, 0.1) is 12.3 Å². The Morgan fingerprint density at radius 1 is 1.11 bits per heavy atom. The Morgan fingerprint density at radius 2 is 2.00 bits per heavy atom. The molecule has 1 aliphatic rings. The molecule has 1 atom stereocenters. The van der Waals surface area contributed by atoms with Crippen LogP contribution in [0, 0.1) is 0 Å². The molecule has 3 rings (SSSR count). The van der Waals surface area contributed by atoms with E-state index in [9.17, 15) is 0 Å². The van der Waals surface area contributed by atoms with Crippen LogP contribution in [-0.4, -0.2) is 0 Å². The second kappa shape index (κ2) is 4.99. The van der Waals surface area contributed by atoms with E-state index < -0.39 is 0 Å². The van der Waals surface area contributed by atoms with Crippen molar-refractivity contribution in [3.05, 3.63) is 47.7 Å². The molecule has 1 heterocycles. The summed E-state index contributed by atoms with van der Waals surface area (Å²) >= 11 is 0. The molecule has 1 unspecified atom stereocenters. The number of rotatable bonds is 2. The summed E-state index contributed by atoms with van der Waals surface area (Å²) in [5.41, 5.74) is 9.85. The minimum atomic E-state index is -0.00764. The molecule has 2 heteroatoms. The Bertz CT molecular complexity index is 567. The average Bonchev–Trinajstić information content (AvgIpc) is 2.65. The molecule has 0 radical (unpaired) electrons. The number of furan rings is 1. The second-order valence-corrected chi connectivity index (χ2v) is 5.04. The molecule has 0 fully saturated rings. The fourth-order valence-electron chi connectivity index (χ4n) is 2.76. The van der Waals surface area contributed by atoms with Crippen LogP contribution in [0.4, 0.5) is 0 Å². The lowest BCUT2D eigenvalue weighted by atomic mass is 9.96. The van der Waals surface area contributed by atoms with Gasteiger partial charge in [0.25, 0.3) is 0 Å². The van der Waals surface area contributed by atoms with Gasteiger partial charge in [-0.2, -0.15) is 0 Å². The van der Waals surface area contributed by atoms with E-state index in [0.29, 0.717) is 0 Å². The number of benzene rings is 1. The highest BCUT2D eigenvalue weighted by Crippen LogP contribution is 2.32. The third-order valence-corrected chi connectivity index (χ3v) is 3.82. The van der Waals surface area contributed by atoms with Gasteiger partial charge in [0.2, 0.25) is 0 Å². The summed E-state index contributed by atoms with van der Waals surface area (Å²) in [6, 6.07) is 8.10. The van der Waals surface area contributed by atoms with E-state index in [1.165, 1.54) is 31.3 Å². The van der Waals surface area contributed by atoms with E-state index in [-0.39, 0.29) is 6.04 Å². The molecule has 1 aromatic carbocycles. The fraction of sp³-hybridized carbons (Fsp3) is 0.375. The van der Waals surface area contributed by atoms with Crippen LogP contribution in [0.1, 0.15) is 43.7 Å². The predicted molar refractivity (Wildman–Crippen MR) is 74.3 cm³/mol. The molecule has 1 aliphatic carbocycles. The number of para-hydroxylation sites is 1. The maximum Gasteiger partial charge on any atom is 0.134 e. The first-order valence-electron chi connectivity index (χ1n) is 6.77. The molecule has 2 N–H and O–H groups in total. The first-order valence-corrected chi connectivity index (χ1v) is 6.77. The summed E-state index contributed by atoms with van der Waals surface area (Å²) in [5.74, 6) is 0. The zero-order valence-electron chi connectivity index (χ0n) is 10.6. The molecule has 2 aromatic rings. The molecule has 0 aliphatic heterocycles. The van der Waals surface area contributed by atoms with E-state index in [2.05, 4.69) is 12.1 Å². The zero-order valence-corrected chi connectivity index (χ0v) is 10.6. The Labute approximate surface area is 107 Å². The van der Waals surface area contributed by atoms with Crippen molar-refractivity contribution in [2.75, 3.05) is 0 Å². The summed E-state index contributed by atoms with van der Waals surface area (Å²) in [6.45, 7) is 0. The molecule has 0 saturated carbocycles. The van der Waals surface area contributed by atoms with Crippen LogP contribution in [0.15, 0.2) is 46.6 Å². The van der Waals surface area contributed by atoms with Gasteiger partial charge in [-0.25, -0.2) is 0 Å². The van der Waals surface area contributed by atoms with Gasteiger partial charge in [0, 0.05) is 10.9 Å². The lowest BCUT2D eigenvalue weighted by Crippen LogP contribution is -2.12. The maximum atomic E-state index is 6.42. The molecule has 18 heavy (non-hydrogen) atoms. The molecule has 0 saturated heterocycles. The molecule has 1 aromatic heterocycles. The minimum Gasteiger partial charge on any atom is -0.464 e. The molecular formula is C16H19NO. The maximum absolute atomic E-state index is 6.42. The quantitative estimate of drug-likeness (QED) is 0.795. The Hall–Kier alpha value is -1.54. The van der Waals surface area contributed by atoms with Crippen molar-refractivity contribution < 1.29 is 4.42 Å². The molecule has 0 bridgehead atoms. The van der Waals surface area contributed by atoms with Gasteiger partial charge >= 0.3 is 0 Å². The van der Waals surface area contributed by atoms with Gasteiger partial charge in [-0.1, -0.05) is 36.3 Å². The van der Waals surface area contributed by atoms with Gasteiger partial charge < -0.3 is 10.2 Å². The first kappa shape index (κ1) is 11.5. The molecule has 94 valence electrons. The molecule has 0 amide bonds. The fourth-order valence-corrected chi connectivity index (χ4v) is 2.76. The van der Waals surface area contributed by atoms with Crippen molar-refractivity contribution in [1.29, 1.82) is 0 Å². The lowest BCUT2D eigenvalue weighted by molar-refractivity contribution is 0.604. The van der Waals surface area contributed by atoms with Crippen molar-refractivity contribution in [1.82, 2.24) is 0 Å². The van der Waals surface area contributed by atoms with Gasteiger partial charge in [0.15, 0.2) is 0 Å². The van der Waals surface area contributed by atoms with Crippen molar-refractivity contribution in [3.63, 3.8) is 0 Å². The molecule has 2 nitrogen and oxygen atoms in total. The lowest BCUT2D eigenvalue weighted by Gasteiger charge is -2.14. The van der Waals surface area contributed by atoms with Crippen LogP contribution in [0.25, 0.3) is 11.0 Å². The summed E-state index contributed by atoms with van der Waals surface area (Å²) < 4.78 is 5.59. The summed E-state index contributed by atoms with van der Waals surface area (Å²) in [7, 11) is 0. The Morgan fingerprint density at radius 3 is 2.94 bits per heavy atom. The summed E-state index contributed by atoms with van der Waals surface area (Å²) in [5, 5.41) is 1.15. The number of fused-ring (bicyclic) bond motifs is 1. The van der Waals surface area contributed by atoms with Crippen LogP contribution in [0.3, 0.4) is 0 Å². The van der Waals surface area contributed by atoms with Gasteiger partial charge in [-0.15, -0.1) is 0 Å². The summed E-state index contributed by atoms with van der Waals surface area (Å²) in [4.78, 5) is 0. The Kier molecular flexibility index (Phi) is 3.20. The first-order chi connectivity index (χ1) is 8.86. The van der Waals surface area contributed by atoms with Crippen LogP contribution >= 0.6 is 0 Å². The van der Waals surface area contributed by atoms with Crippen molar-refractivity contribution >= 4 is 11.0 Å². The number of nitrogens with two attached hydrogens (primary N) is 1. The van der Waals surface area contributed by atoms with Gasteiger partial charge in [0.1, 0.15) is 5.58 Å². The number of hydrogen-bond donors (Lipinski definition) is 1. The van der Waals surface area contributed by atoms with E-state index >= 15 is 0 Å². The van der Waals surface area contributed by atoms with E-state index in [1.807, 2.05) is 24.5 Å². The van der Waals surface area contributed by atoms with Crippen LogP contribution < -0.4 is 5.73 Å². The smallest absolute Gasteiger partial charge is 0.134 e. The van der Waals surface area contributed by atoms with Gasteiger partial charge in [-0.05, 0) is 31.7 Å². The third kappa shape index (κ3) is 2.08. The summed E-state index contributed by atoms with van der Waals surface area (Å²) in [6.07, 6.45) is 10.3. The van der Waals surface area contributed by atoms with E-state index in [1.54, 1.807) is 0 Å². The van der Waals surface area contributed by atoms with Crippen LogP contribution in [-0.2, 0) is 0 Å². The standard InChI is InChI=1S/C16H19NO/c17-16(12-7-3-1-2-4-8-12)14-11-18-15-10-6-5-9-13(14)15/h5-7,9-11,16H,1-4,8,17H2. The largest absolute Gasteiger partial charge is 0.464 e. The highest BCUT2D eigenvalue weighted by atomic mass is 16.3. The topological polar surface area (TPSA) is 39.2 Å². The highest BCUT2D eigenvalue weighted by molar-refractivity contribution is 5.81. The molecular weight excluding hydrogens is 222 g/mol. The van der Waals surface area contributed by atoms with Crippen molar-refractivity contribution in [2.24, 2.45) is 5.73 Å². The van der Waals surface area contributed by atoms with Crippen LogP contribution in [0.5, 0.6) is 0 Å². The number of hydrogen-bond acceptors (Lipinski definition) is 2. The normalized spacial score (nSPS) is 18.4. The monoisotopic (exact) mass is 241 g/mol. The second-order valence-electron chi connectivity index (χ2n) is 5.04. The van der Waals surface area contributed by atoms with Crippen molar-refractivity contribution in [3.8, 4) is 0 Å². The zero-order chi connectivity index (χ0) is 12.4. The predicted octanol–water partition coefficient (Wildman–Crippen LogP) is 4.32. The number of allylic oxidation sites excluding steroid dienone is 1. The highest BCUT2D eigenvalue weighted by Gasteiger charge is 2.17. The van der Waals surface area contributed by atoms with Crippen LogP contribution in [0.2, 0.25) is 0 Å². The van der Waals surface area contributed by atoms with E-state index in [4.69, 9.17) is 10.2 Å². The minimum absolute atomic E-state index is 0.00764. The van der Waals surface area contributed by atoms with Gasteiger partial charge in [-0.3, -0.25) is 0 Å². The SMILES string of the molecule is NC(C1=CCCCCC1)c1coc2ccccc12. The van der Waals surface area contributed by atoms with Crippen molar-refractivity contribution in [2.45, 2.75) is 38.1 Å².